The highest BCUT2D eigenvalue weighted by Crippen LogP contribution is 2.31. The highest BCUT2D eigenvalue weighted by molar-refractivity contribution is 6.07. The van der Waals surface area contributed by atoms with E-state index in [1.54, 1.807) is 0 Å². The number of fused-ring (bicyclic) bond motifs is 3. The molecule has 0 radical (unpaired) electrons. The molecule has 1 atom stereocenters. The van der Waals surface area contributed by atoms with Crippen LogP contribution in [-0.4, -0.2) is 20.1 Å². The van der Waals surface area contributed by atoms with Crippen LogP contribution in [0, 0.1) is 5.92 Å². The Hall–Kier alpha value is -2.14. The summed E-state index contributed by atoms with van der Waals surface area (Å²) in [4.78, 5) is 12.4. The van der Waals surface area contributed by atoms with Gasteiger partial charge in [0.2, 0.25) is 0 Å². The number of hydrogen-bond acceptors (Lipinski definition) is 4. The molecule has 1 unspecified atom stereocenters. The molecule has 2 heterocycles. The van der Waals surface area contributed by atoms with Crippen molar-refractivity contribution < 1.29 is 5.11 Å². The molecule has 0 spiro atoms. The lowest BCUT2D eigenvalue weighted by Crippen LogP contribution is -1.99. The predicted octanol–water partition coefficient (Wildman–Crippen LogP) is 4.12. The van der Waals surface area contributed by atoms with Crippen molar-refractivity contribution in [3.8, 4) is 0 Å². The van der Waals surface area contributed by atoms with Crippen LogP contribution in [0.4, 0.5) is 5.82 Å². The Balaban J connectivity index is 2.19. The quantitative estimate of drug-likeness (QED) is 0.636. The lowest BCUT2D eigenvalue weighted by Gasteiger charge is -2.09. The zero-order valence-corrected chi connectivity index (χ0v) is 14.6. The fourth-order valence-corrected chi connectivity index (χ4v) is 3.20. The number of hydrogen-bond donors (Lipinski definition) is 3. The third kappa shape index (κ3) is 3.08. The van der Waals surface area contributed by atoms with Gasteiger partial charge < -0.3 is 15.8 Å². The third-order valence-electron chi connectivity index (χ3n) is 4.36. The fourth-order valence-electron chi connectivity index (χ4n) is 3.20. The van der Waals surface area contributed by atoms with E-state index in [1.165, 1.54) is 5.56 Å². The predicted molar refractivity (Wildman–Crippen MR) is 98.8 cm³/mol. The summed E-state index contributed by atoms with van der Waals surface area (Å²) in [5.41, 5.74) is 9.75. The van der Waals surface area contributed by atoms with Gasteiger partial charge in [0.05, 0.1) is 5.52 Å². The summed E-state index contributed by atoms with van der Waals surface area (Å²) in [6.45, 7) is 6.51. The van der Waals surface area contributed by atoms with E-state index in [9.17, 15) is 5.11 Å². The lowest BCUT2D eigenvalue weighted by molar-refractivity contribution is 0.156. The van der Waals surface area contributed by atoms with E-state index in [4.69, 9.17) is 10.7 Å². The number of aliphatic hydroxyl groups excluding tert-OH is 1. The highest BCUT2D eigenvalue weighted by Gasteiger charge is 2.18. The fraction of sp³-hybridized carbons (Fsp3) is 0.474. The number of aromatic amines is 1. The molecule has 128 valence electrons. The normalized spacial score (nSPS) is 13.2. The first-order valence-electron chi connectivity index (χ1n) is 8.76. The van der Waals surface area contributed by atoms with E-state index in [-0.39, 0.29) is 0 Å². The van der Waals surface area contributed by atoms with E-state index >= 15 is 0 Å². The van der Waals surface area contributed by atoms with Gasteiger partial charge in [-0.2, -0.15) is 0 Å². The lowest BCUT2D eigenvalue weighted by atomic mass is 9.98. The van der Waals surface area contributed by atoms with Crippen molar-refractivity contribution in [3.63, 3.8) is 0 Å². The van der Waals surface area contributed by atoms with E-state index in [2.05, 4.69) is 36.8 Å². The summed E-state index contributed by atoms with van der Waals surface area (Å²) >= 11 is 0. The Morgan fingerprint density at radius 1 is 1.25 bits per heavy atom. The number of rotatable bonds is 6. The molecule has 0 amide bonds. The Morgan fingerprint density at radius 3 is 2.75 bits per heavy atom. The van der Waals surface area contributed by atoms with E-state index in [1.807, 2.05) is 12.1 Å². The molecule has 1 aromatic carbocycles. The Morgan fingerprint density at radius 2 is 2.04 bits per heavy atom. The van der Waals surface area contributed by atoms with E-state index in [0.717, 1.165) is 41.2 Å². The molecule has 0 aliphatic heterocycles. The first kappa shape index (κ1) is 16.7. The number of H-pyrrole nitrogens is 1. The summed E-state index contributed by atoms with van der Waals surface area (Å²) in [5.74, 6) is 1.55. The van der Waals surface area contributed by atoms with Crippen molar-refractivity contribution in [2.24, 2.45) is 5.92 Å². The maximum Gasteiger partial charge on any atom is 0.150 e. The maximum atomic E-state index is 10.4. The second kappa shape index (κ2) is 6.77. The minimum absolute atomic E-state index is 0.431. The van der Waals surface area contributed by atoms with Gasteiger partial charge in [0, 0.05) is 5.39 Å². The zero-order valence-electron chi connectivity index (χ0n) is 14.6. The highest BCUT2D eigenvalue weighted by atomic mass is 16.3. The van der Waals surface area contributed by atoms with Gasteiger partial charge in [0.25, 0.3) is 0 Å². The van der Waals surface area contributed by atoms with Gasteiger partial charge in [0.15, 0.2) is 0 Å². The number of nitrogens with zero attached hydrogens (tertiary/aromatic N) is 2. The Kier molecular flexibility index (Phi) is 4.71. The molecular formula is C19H26N4O. The van der Waals surface area contributed by atoms with E-state index in [0.29, 0.717) is 24.0 Å². The topological polar surface area (TPSA) is 87.8 Å². The summed E-state index contributed by atoms with van der Waals surface area (Å²) in [6.07, 6.45) is 3.07. The molecule has 3 aromatic rings. The van der Waals surface area contributed by atoms with Crippen LogP contribution in [0.3, 0.4) is 0 Å². The van der Waals surface area contributed by atoms with Crippen LogP contribution >= 0.6 is 0 Å². The van der Waals surface area contributed by atoms with Gasteiger partial charge in [-0.05, 0) is 30.4 Å². The largest absolute Gasteiger partial charge is 0.385 e. The second-order valence-electron chi connectivity index (χ2n) is 6.91. The molecule has 24 heavy (non-hydrogen) atoms. The smallest absolute Gasteiger partial charge is 0.150 e. The first-order chi connectivity index (χ1) is 11.5. The summed E-state index contributed by atoms with van der Waals surface area (Å²) in [7, 11) is 0. The number of nitrogens with two attached hydrogens (primary N) is 1. The first-order valence-corrected chi connectivity index (χ1v) is 8.76. The van der Waals surface area contributed by atoms with Crippen molar-refractivity contribution >= 4 is 27.8 Å². The maximum absolute atomic E-state index is 10.4. The number of nitrogens with one attached hydrogen (secondary N) is 1. The summed E-state index contributed by atoms with van der Waals surface area (Å²) in [6, 6.07) is 6.11. The van der Waals surface area contributed by atoms with Crippen molar-refractivity contribution in [3.05, 3.63) is 29.6 Å². The number of aromatic nitrogens is 3. The average molecular weight is 326 g/mol. The number of anilines is 1. The van der Waals surface area contributed by atoms with Gasteiger partial charge in [-0.25, -0.2) is 9.97 Å². The van der Waals surface area contributed by atoms with Gasteiger partial charge in [-0.15, -0.1) is 0 Å². The van der Waals surface area contributed by atoms with Gasteiger partial charge >= 0.3 is 0 Å². The molecule has 0 fully saturated rings. The molecule has 0 saturated carbocycles. The Bertz CT molecular complexity index is 853. The number of nitrogen functional groups attached to an aromatic ring is 1. The third-order valence-corrected chi connectivity index (χ3v) is 4.36. The van der Waals surface area contributed by atoms with Gasteiger partial charge in [-0.1, -0.05) is 45.7 Å². The number of unbranched alkanes of at least 4 members (excludes halogenated alkanes) is 1. The van der Waals surface area contributed by atoms with Gasteiger partial charge in [0.1, 0.15) is 28.8 Å². The molecule has 0 saturated heterocycles. The van der Waals surface area contributed by atoms with Crippen LogP contribution in [0.5, 0.6) is 0 Å². The average Bonchev–Trinajstić information content (AvgIpc) is 2.98. The monoisotopic (exact) mass is 326 g/mol. The van der Waals surface area contributed by atoms with Crippen LogP contribution in [0.1, 0.15) is 57.5 Å². The minimum Gasteiger partial charge on any atom is -0.385 e. The number of imidazole rings is 1. The standard InChI is InChI=1S/C19H26N4O/c1-4-5-9-14(24)19-22-16-15-12(10-11(2)3)7-6-8-13(15)21-18(20)17(16)23-19/h6-8,11,14,24H,4-5,9-10H2,1-3H3,(H2,20,21)(H,22,23). The summed E-state index contributed by atoms with van der Waals surface area (Å²) < 4.78 is 0. The summed E-state index contributed by atoms with van der Waals surface area (Å²) in [5, 5.41) is 11.4. The van der Waals surface area contributed by atoms with Crippen LogP contribution < -0.4 is 5.73 Å². The zero-order chi connectivity index (χ0) is 17.3. The van der Waals surface area contributed by atoms with Crippen LogP contribution in [0.25, 0.3) is 21.9 Å². The SMILES string of the molecule is CCCCC(O)c1nc2c([nH]1)c(N)nc1cccc(CC(C)C)c12. The van der Waals surface area contributed by atoms with Crippen LogP contribution in [-0.2, 0) is 6.42 Å². The molecule has 0 aliphatic rings. The molecule has 2 aromatic heterocycles. The van der Waals surface area contributed by atoms with Crippen LogP contribution in [0.15, 0.2) is 18.2 Å². The second-order valence-corrected chi connectivity index (χ2v) is 6.91. The van der Waals surface area contributed by atoms with Crippen molar-refractivity contribution in [1.29, 1.82) is 0 Å². The molecule has 4 N–H and O–H groups in total. The number of aliphatic hydroxyl groups is 1. The van der Waals surface area contributed by atoms with Crippen molar-refractivity contribution in [2.45, 2.75) is 52.6 Å². The van der Waals surface area contributed by atoms with Crippen LogP contribution in [0.2, 0.25) is 0 Å². The molecule has 3 rings (SSSR count). The van der Waals surface area contributed by atoms with Gasteiger partial charge in [-0.3, -0.25) is 0 Å². The Labute approximate surface area is 142 Å². The number of pyridine rings is 1. The minimum atomic E-state index is -0.593. The molecule has 5 nitrogen and oxygen atoms in total. The molecular weight excluding hydrogens is 300 g/mol. The van der Waals surface area contributed by atoms with Crippen molar-refractivity contribution in [1.82, 2.24) is 15.0 Å². The number of benzene rings is 1. The molecule has 0 bridgehead atoms. The molecule has 5 heteroatoms. The van der Waals surface area contributed by atoms with Crippen molar-refractivity contribution in [2.75, 3.05) is 5.73 Å². The van der Waals surface area contributed by atoms with E-state index < -0.39 is 6.10 Å². The molecule has 0 aliphatic carbocycles.